The monoisotopic (exact) mass is 402 g/mol. The third-order valence-corrected chi connectivity index (χ3v) is 6.35. The van der Waals surface area contributed by atoms with Gasteiger partial charge in [0.2, 0.25) is 15.9 Å². The quantitative estimate of drug-likeness (QED) is 0.637. The zero-order valence-electron chi connectivity index (χ0n) is 15.7. The van der Waals surface area contributed by atoms with E-state index >= 15 is 0 Å². The summed E-state index contributed by atoms with van der Waals surface area (Å²) >= 11 is 0. The number of hydrogen-bond donors (Lipinski definition) is 1. The van der Waals surface area contributed by atoms with Gasteiger partial charge in [0.05, 0.1) is 13.0 Å². The van der Waals surface area contributed by atoms with E-state index in [9.17, 15) is 17.6 Å². The van der Waals surface area contributed by atoms with Crippen LogP contribution in [0.25, 0.3) is 0 Å². The van der Waals surface area contributed by atoms with Gasteiger partial charge in [-0.1, -0.05) is 0 Å². The number of sulfonamides is 1. The number of amides is 1. The van der Waals surface area contributed by atoms with E-state index in [0.717, 1.165) is 12.1 Å². The summed E-state index contributed by atoms with van der Waals surface area (Å²) in [6.45, 7) is 3.95. The van der Waals surface area contributed by atoms with Crippen LogP contribution in [-0.4, -0.2) is 58.6 Å². The van der Waals surface area contributed by atoms with E-state index in [1.54, 1.807) is 0 Å². The van der Waals surface area contributed by atoms with Crippen molar-refractivity contribution >= 4 is 15.9 Å². The number of nitrogens with one attached hydrogen (secondary N) is 1. The molecule has 0 radical (unpaired) electrons. The first kappa shape index (κ1) is 21.6. The minimum atomic E-state index is -3.96. The Balaban J connectivity index is 2.04. The molecular weight excluding hydrogens is 375 g/mol. The molecule has 9 heteroatoms. The first-order chi connectivity index (χ1) is 12.9. The van der Waals surface area contributed by atoms with Crippen molar-refractivity contribution in [2.45, 2.75) is 31.1 Å². The maximum Gasteiger partial charge on any atom is 0.246 e. The second-order valence-corrected chi connectivity index (χ2v) is 8.25. The van der Waals surface area contributed by atoms with Crippen molar-refractivity contribution in [1.29, 1.82) is 0 Å². The fraction of sp³-hybridized carbons (Fsp3) is 0.611. The number of rotatable bonds is 9. The lowest BCUT2D eigenvalue weighted by atomic mass is 9.99. The van der Waals surface area contributed by atoms with Gasteiger partial charge < -0.3 is 14.8 Å². The number of hydrogen-bond acceptors (Lipinski definition) is 5. The van der Waals surface area contributed by atoms with Crippen molar-refractivity contribution in [2.24, 2.45) is 5.92 Å². The number of benzene rings is 1. The number of carbonyl (C=O) groups is 1. The molecule has 1 N–H and O–H groups in total. The summed E-state index contributed by atoms with van der Waals surface area (Å²) in [5, 5.41) is 2.83. The Kier molecular flexibility index (Phi) is 8.00. The highest BCUT2D eigenvalue weighted by atomic mass is 32.2. The SMILES string of the molecule is CCOCCCNC(=O)C1CCCN(S(=O)(=O)c2cc(F)ccc2OC)C1. The molecule has 1 atom stereocenters. The molecule has 0 bridgehead atoms. The van der Waals surface area contributed by atoms with E-state index in [1.165, 1.54) is 17.5 Å². The Morgan fingerprint density at radius 3 is 2.89 bits per heavy atom. The van der Waals surface area contributed by atoms with Crippen LogP contribution in [0, 0.1) is 11.7 Å². The lowest BCUT2D eigenvalue weighted by molar-refractivity contribution is -0.126. The molecule has 0 aliphatic carbocycles. The fourth-order valence-corrected chi connectivity index (χ4v) is 4.73. The van der Waals surface area contributed by atoms with Gasteiger partial charge in [-0.3, -0.25) is 4.79 Å². The van der Waals surface area contributed by atoms with E-state index < -0.39 is 21.8 Å². The topological polar surface area (TPSA) is 84.9 Å². The summed E-state index contributed by atoms with van der Waals surface area (Å²) in [4.78, 5) is 12.1. The Morgan fingerprint density at radius 1 is 1.41 bits per heavy atom. The van der Waals surface area contributed by atoms with Gasteiger partial charge in [0, 0.05) is 32.8 Å². The predicted molar refractivity (Wildman–Crippen MR) is 98.6 cm³/mol. The molecule has 0 saturated carbocycles. The number of carbonyl (C=O) groups excluding carboxylic acids is 1. The van der Waals surface area contributed by atoms with Crippen molar-refractivity contribution in [2.75, 3.05) is 40.0 Å². The summed E-state index contributed by atoms with van der Waals surface area (Å²) in [5.74, 6) is -1.17. The number of halogens is 1. The number of methoxy groups -OCH3 is 1. The molecule has 7 nitrogen and oxygen atoms in total. The van der Waals surface area contributed by atoms with Gasteiger partial charge in [-0.05, 0) is 44.4 Å². The molecular formula is C18H27FN2O5S. The molecule has 1 fully saturated rings. The minimum absolute atomic E-state index is 0.0687. The van der Waals surface area contributed by atoms with Crippen molar-refractivity contribution in [3.05, 3.63) is 24.0 Å². The molecule has 1 saturated heterocycles. The Hall–Kier alpha value is -1.71. The molecule has 1 aliphatic rings. The Bertz CT molecular complexity index is 741. The molecule has 2 rings (SSSR count). The van der Waals surface area contributed by atoms with Gasteiger partial charge in [0.15, 0.2) is 0 Å². The third-order valence-electron chi connectivity index (χ3n) is 4.47. The van der Waals surface area contributed by atoms with Crippen LogP contribution in [0.5, 0.6) is 5.75 Å². The summed E-state index contributed by atoms with van der Waals surface area (Å²) in [5.41, 5.74) is 0. The van der Waals surface area contributed by atoms with Gasteiger partial charge in [-0.25, -0.2) is 12.8 Å². The maximum absolute atomic E-state index is 13.6. The Morgan fingerprint density at radius 2 is 2.19 bits per heavy atom. The van der Waals surface area contributed by atoms with Gasteiger partial charge in [0.25, 0.3) is 0 Å². The van der Waals surface area contributed by atoms with Crippen molar-refractivity contribution in [3.8, 4) is 5.75 Å². The fourth-order valence-electron chi connectivity index (χ4n) is 3.04. The van der Waals surface area contributed by atoms with Crippen molar-refractivity contribution in [3.63, 3.8) is 0 Å². The molecule has 1 aliphatic heterocycles. The summed E-state index contributed by atoms with van der Waals surface area (Å²) < 4.78 is 51.0. The zero-order valence-corrected chi connectivity index (χ0v) is 16.6. The number of piperidine rings is 1. The zero-order chi connectivity index (χ0) is 19.9. The molecule has 1 aromatic rings. The van der Waals surface area contributed by atoms with Gasteiger partial charge >= 0.3 is 0 Å². The van der Waals surface area contributed by atoms with Crippen molar-refractivity contribution in [1.82, 2.24) is 9.62 Å². The molecule has 1 unspecified atom stereocenters. The number of nitrogens with zero attached hydrogens (tertiary/aromatic N) is 1. The summed E-state index contributed by atoms with van der Waals surface area (Å²) in [7, 11) is -2.62. The molecule has 0 spiro atoms. The molecule has 0 aromatic heterocycles. The highest BCUT2D eigenvalue weighted by molar-refractivity contribution is 7.89. The first-order valence-corrected chi connectivity index (χ1v) is 10.5. The van der Waals surface area contributed by atoms with Crippen LogP contribution in [0.3, 0.4) is 0 Å². The van der Waals surface area contributed by atoms with E-state index in [4.69, 9.17) is 9.47 Å². The van der Waals surface area contributed by atoms with E-state index in [-0.39, 0.29) is 29.6 Å². The maximum atomic E-state index is 13.6. The average molecular weight is 402 g/mol. The second-order valence-electron chi connectivity index (χ2n) is 6.34. The van der Waals surface area contributed by atoms with Crippen LogP contribution in [-0.2, 0) is 19.6 Å². The van der Waals surface area contributed by atoms with Crippen LogP contribution < -0.4 is 10.1 Å². The smallest absolute Gasteiger partial charge is 0.246 e. The highest BCUT2D eigenvalue weighted by Gasteiger charge is 2.35. The third kappa shape index (κ3) is 5.63. The van der Waals surface area contributed by atoms with Crippen LogP contribution in [0.4, 0.5) is 4.39 Å². The minimum Gasteiger partial charge on any atom is -0.495 e. The summed E-state index contributed by atoms with van der Waals surface area (Å²) in [6, 6.07) is 3.38. The molecule has 27 heavy (non-hydrogen) atoms. The largest absolute Gasteiger partial charge is 0.495 e. The number of ether oxygens (including phenoxy) is 2. The van der Waals surface area contributed by atoms with Crippen LogP contribution in [0.2, 0.25) is 0 Å². The van der Waals surface area contributed by atoms with E-state index in [0.29, 0.717) is 39.0 Å². The predicted octanol–water partition coefficient (Wildman–Crippen LogP) is 1.78. The molecule has 1 amide bonds. The molecule has 1 heterocycles. The first-order valence-electron chi connectivity index (χ1n) is 9.09. The Labute approximate surface area is 159 Å². The van der Waals surface area contributed by atoms with Gasteiger partial charge in [-0.15, -0.1) is 0 Å². The van der Waals surface area contributed by atoms with E-state index in [1.807, 2.05) is 6.92 Å². The molecule has 152 valence electrons. The van der Waals surface area contributed by atoms with Gasteiger partial charge in [-0.2, -0.15) is 4.31 Å². The lowest BCUT2D eigenvalue weighted by Gasteiger charge is -2.31. The van der Waals surface area contributed by atoms with Crippen LogP contribution in [0.15, 0.2) is 23.1 Å². The average Bonchev–Trinajstić information content (AvgIpc) is 2.67. The standard InChI is InChI=1S/C18H27FN2O5S/c1-3-26-11-5-9-20-18(22)14-6-4-10-21(13-14)27(23,24)17-12-15(19)7-8-16(17)25-2/h7-8,12,14H,3-6,9-11,13H2,1-2H3,(H,20,22). The highest BCUT2D eigenvalue weighted by Crippen LogP contribution is 2.30. The van der Waals surface area contributed by atoms with Crippen LogP contribution in [0.1, 0.15) is 26.2 Å². The second kappa shape index (κ2) is 10.0. The van der Waals surface area contributed by atoms with E-state index in [2.05, 4.69) is 5.32 Å². The normalized spacial score (nSPS) is 18.3. The van der Waals surface area contributed by atoms with Crippen molar-refractivity contribution < 1.29 is 27.1 Å². The summed E-state index contributed by atoms with van der Waals surface area (Å²) in [6.07, 6.45) is 1.88. The van der Waals surface area contributed by atoms with Gasteiger partial charge in [0.1, 0.15) is 16.5 Å². The lowest BCUT2D eigenvalue weighted by Crippen LogP contribution is -2.45. The van der Waals surface area contributed by atoms with Crippen LogP contribution >= 0.6 is 0 Å². The molecule has 1 aromatic carbocycles.